The third-order valence-corrected chi connectivity index (χ3v) is 7.91. The maximum Gasteiger partial charge on any atom is 0.306 e. The van der Waals surface area contributed by atoms with E-state index in [1.807, 2.05) is 49.2 Å². The van der Waals surface area contributed by atoms with Crippen LogP contribution in [-0.2, 0) is 20.7 Å². The molecule has 4 unspecified atom stereocenters. The van der Waals surface area contributed by atoms with Gasteiger partial charge in [0.05, 0.1) is 5.92 Å². The third kappa shape index (κ3) is 10.4. The van der Waals surface area contributed by atoms with E-state index in [1.54, 1.807) is 12.3 Å². The molecular weight excluding hydrogens is 514 g/mol. The number of nitrogens with one attached hydrogen (secondary N) is 1. The number of nitrogens with zero attached hydrogens (tertiary/aromatic N) is 2. The van der Waals surface area contributed by atoms with Crippen molar-refractivity contribution in [1.29, 1.82) is 0 Å². The van der Waals surface area contributed by atoms with Gasteiger partial charge in [0.2, 0.25) is 5.91 Å². The lowest BCUT2D eigenvalue weighted by molar-refractivity contribution is -0.141. The highest BCUT2D eigenvalue weighted by molar-refractivity contribution is 7.09. The molecule has 0 spiro atoms. The molecular formula is C30H45N3O5S. The molecule has 1 heterocycles. The average molecular weight is 560 g/mol. The molecule has 0 bridgehead atoms. The first-order valence-corrected chi connectivity index (χ1v) is 14.8. The number of carboxylic acids is 1. The zero-order valence-corrected chi connectivity index (χ0v) is 25.0. The quantitative estimate of drug-likeness (QED) is 0.256. The summed E-state index contributed by atoms with van der Waals surface area (Å²) in [6.07, 6.45) is 3.44. The molecule has 39 heavy (non-hydrogen) atoms. The van der Waals surface area contributed by atoms with Crippen molar-refractivity contribution in [3.05, 3.63) is 52.0 Å². The highest BCUT2D eigenvalue weighted by atomic mass is 32.1. The Bertz CT molecular complexity index is 1040. The fourth-order valence-corrected chi connectivity index (χ4v) is 5.51. The van der Waals surface area contributed by atoms with Crippen LogP contribution in [0.2, 0.25) is 0 Å². The highest BCUT2D eigenvalue weighted by Crippen LogP contribution is 2.30. The molecule has 216 valence electrons. The van der Waals surface area contributed by atoms with Gasteiger partial charge in [0, 0.05) is 44.0 Å². The molecule has 0 radical (unpaired) electrons. The van der Waals surface area contributed by atoms with Gasteiger partial charge in [-0.25, -0.2) is 4.98 Å². The van der Waals surface area contributed by atoms with Crippen molar-refractivity contribution in [2.45, 2.75) is 91.3 Å². The van der Waals surface area contributed by atoms with Gasteiger partial charge < -0.3 is 20.1 Å². The Labute approximate surface area is 237 Å². The van der Waals surface area contributed by atoms with Crippen LogP contribution in [0.5, 0.6) is 0 Å². The smallest absolute Gasteiger partial charge is 0.306 e. The average Bonchev–Trinajstić information content (AvgIpc) is 3.40. The van der Waals surface area contributed by atoms with Crippen molar-refractivity contribution in [2.24, 2.45) is 11.8 Å². The summed E-state index contributed by atoms with van der Waals surface area (Å²) in [4.78, 5) is 43.9. The molecule has 0 saturated heterocycles. The molecule has 4 atom stereocenters. The van der Waals surface area contributed by atoms with Crippen LogP contribution in [0.1, 0.15) is 93.9 Å². The van der Waals surface area contributed by atoms with Gasteiger partial charge in [-0.15, -0.1) is 11.3 Å². The van der Waals surface area contributed by atoms with Crippen molar-refractivity contribution in [1.82, 2.24) is 15.2 Å². The van der Waals surface area contributed by atoms with E-state index in [-0.39, 0.29) is 41.6 Å². The zero-order chi connectivity index (χ0) is 28.9. The summed E-state index contributed by atoms with van der Waals surface area (Å²) in [6.45, 7) is 10.3. The van der Waals surface area contributed by atoms with E-state index < -0.39 is 11.9 Å². The highest BCUT2D eigenvalue weighted by Gasteiger charge is 2.29. The fourth-order valence-electron chi connectivity index (χ4n) is 4.65. The van der Waals surface area contributed by atoms with Crippen LogP contribution < -0.4 is 5.32 Å². The topological polar surface area (TPSA) is 109 Å². The summed E-state index contributed by atoms with van der Waals surface area (Å²) < 4.78 is 6.06. The van der Waals surface area contributed by atoms with Crippen LogP contribution in [-0.4, -0.2) is 58.5 Å². The minimum atomic E-state index is -0.893. The summed E-state index contributed by atoms with van der Waals surface area (Å²) in [7, 11) is 1.86. The monoisotopic (exact) mass is 559 g/mol. The zero-order valence-electron chi connectivity index (χ0n) is 24.2. The van der Waals surface area contributed by atoms with Gasteiger partial charge in [-0.1, -0.05) is 64.4 Å². The number of aromatic nitrogens is 1. The Balaban J connectivity index is 2.18. The van der Waals surface area contributed by atoms with Gasteiger partial charge in [-0.05, 0) is 37.7 Å². The number of hydrogen-bond acceptors (Lipinski definition) is 6. The number of rotatable bonds is 17. The second-order valence-electron chi connectivity index (χ2n) is 10.5. The molecule has 0 saturated carbocycles. The fraction of sp³-hybridized carbons (Fsp3) is 0.600. The van der Waals surface area contributed by atoms with E-state index >= 15 is 0 Å². The van der Waals surface area contributed by atoms with E-state index in [4.69, 9.17) is 4.74 Å². The first-order chi connectivity index (χ1) is 18.6. The molecule has 9 heteroatoms. The number of unbranched alkanes of at least 4 members (excludes halogenated alkanes) is 1. The lowest BCUT2D eigenvalue weighted by atomic mass is 9.96. The normalized spacial score (nSPS) is 14.4. The largest absolute Gasteiger partial charge is 0.481 e. The number of carbonyl (C=O) groups excluding carboxylic acids is 2. The summed E-state index contributed by atoms with van der Waals surface area (Å²) in [5, 5.41) is 14.9. The molecule has 2 amide bonds. The van der Waals surface area contributed by atoms with Crippen molar-refractivity contribution < 1.29 is 24.2 Å². The van der Waals surface area contributed by atoms with Gasteiger partial charge in [0.1, 0.15) is 16.8 Å². The molecule has 0 aliphatic heterocycles. The molecule has 1 aromatic heterocycles. The number of aliphatic carboxylic acids is 1. The number of thiazole rings is 1. The van der Waals surface area contributed by atoms with Crippen LogP contribution in [0.3, 0.4) is 0 Å². The lowest BCUT2D eigenvalue weighted by Gasteiger charge is -2.33. The molecule has 2 rings (SSSR count). The van der Waals surface area contributed by atoms with E-state index in [2.05, 4.69) is 31.1 Å². The number of carbonyl (C=O) groups is 3. The summed E-state index contributed by atoms with van der Waals surface area (Å²) >= 11 is 1.37. The van der Waals surface area contributed by atoms with Crippen LogP contribution >= 0.6 is 11.3 Å². The third-order valence-electron chi connectivity index (χ3n) is 6.98. The van der Waals surface area contributed by atoms with Crippen LogP contribution in [0.25, 0.3) is 0 Å². The lowest BCUT2D eigenvalue weighted by Crippen LogP contribution is -2.41. The number of amides is 2. The van der Waals surface area contributed by atoms with E-state index in [0.29, 0.717) is 37.3 Å². The predicted molar refractivity (Wildman–Crippen MR) is 155 cm³/mol. The molecule has 2 aromatic rings. The number of carboxylic acid groups (broad SMARTS) is 1. The summed E-state index contributed by atoms with van der Waals surface area (Å²) in [5.74, 6) is -1.47. The first-order valence-electron chi connectivity index (χ1n) is 14.0. The van der Waals surface area contributed by atoms with E-state index in [1.165, 1.54) is 11.3 Å². The number of benzene rings is 1. The molecule has 0 fully saturated rings. The maximum atomic E-state index is 13.2. The van der Waals surface area contributed by atoms with Gasteiger partial charge >= 0.3 is 5.97 Å². The molecule has 0 aliphatic rings. The Morgan fingerprint density at radius 2 is 1.79 bits per heavy atom. The maximum absolute atomic E-state index is 13.2. The van der Waals surface area contributed by atoms with Gasteiger partial charge in [-0.3, -0.25) is 14.4 Å². The number of hydrogen-bond donors (Lipinski definition) is 2. The SMILES string of the molecule is CCCCC(=O)N(C)C(CC(OCC)c1nc(C(=O)NC(Cc2ccccc2)CC(C)C(=O)O)cs1)C(C)C. The minimum absolute atomic E-state index is 0.0279. The minimum Gasteiger partial charge on any atom is -0.481 e. The molecule has 8 nitrogen and oxygen atoms in total. The second kappa shape index (κ2) is 16.4. The van der Waals surface area contributed by atoms with Gasteiger partial charge in [0.25, 0.3) is 5.91 Å². The second-order valence-corrected chi connectivity index (χ2v) is 11.4. The van der Waals surface area contributed by atoms with Gasteiger partial charge in [0.15, 0.2) is 0 Å². The standard InChI is InChI=1S/C30H45N3O5S/c1-7-9-15-27(34)33(6)25(20(3)4)18-26(38-8-2)29-32-24(19-39-29)28(35)31-23(16-21(5)30(36)37)17-22-13-11-10-12-14-22/h10-14,19-21,23,25-26H,7-9,15-18H2,1-6H3,(H,31,35)(H,36,37). The van der Waals surface area contributed by atoms with Crippen molar-refractivity contribution in [3.8, 4) is 0 Å². The Kier molecular flexibility index (Phi) is 13.6. The van der Waals surface area contributed by atoms with E-state index in [9.17, 15) is 19.5 Å². The molecule has 2 N–H and O–H groups in total. The Morgan fingerprint density at radius 3 is 2.38 bits per heavy atom. The summed E-state index contributed by atoms with van der Waals surface area (Å²) in [6, 6.07) is 9.32. The first kappa shape index (κ1) is 32.4. The molecule has 0 aliphatic carbocycles. The van der Waals surface area contributed by atoms with E-state index in [0.717, 1.165) is 18.4 Å². The molecule has 1 aromatic carbocycles. The number of ether oxygens (including phenoxy) is 1. The Hall–Kier alpha value is -2.78. The Morgan fingerprint density at radius 1 is 1.10 bits per heavy atom. The summed E-state index contributed by atoms with van der Waals surface area (Å²) in [5.41, 5.74) is 1.31. The van der Waals surface area contributed by atoms with Crippen molar-refractivity contribution in [3.63, 3.8) is 0 Å². The van der Waals surface area contributed by atoms with Crippen LogP contribution in [0.4, 0.5) is 0 Å². The van der Waals surface area contributed by atoms with Crippen LogP contribution in [0.15, 0.2) is 35.7 Å². The predicted octanol–water partition coefficient (Wildman–Crippen LogP) is 5.74. The van der Waals surface area contributed by atoms with Crippen molar-refractivity contribution >= 4 is 29.1 Å². The van der Waals surface area contributed by atoms with Crippen LogP contribution in [0, 0.1) is 11.8 Å². The van der Waals surface area contributed by atoms with Crippen molar-refractivity contribution in [2.75, 3.05) is 13.7 Å². The van der Waals surface area contributed by atoms with Gasteiger partial charge in [-0.2, -0.15) is 0 Å².